The van der Waals surface area contributed by atoms with Gasteiger partial charge in [0.25, 0.3) is 5.91 Å². The molecule has 0 aliphatic carbocycles. The fraction of sp³-hybridized carbons (Fsp3) is 0.316. The van der Waals surface area contributed by atoms with Crippen molar-refractivity contribution in [2.75, 3.05) is 6.54 Å². The first kappa shape index (κ1) is 15.9. The van der Waals surface area contributed by atoms with Gasteiger partial charge in [-0.15, -0.1) is 0 Å². The molecule has 0 bridgehead atoms. The highest BCUT2D eigenvalue weighted by atomic mass is 35.5. The van der Waals surface area contributed by atoms with Gasteiger partial charge in [0, 0.05) is 23.9 Å². The average molecular weight is 330 g/mol. The van der Waals surface area contributed by atoms with E-state index in [1.165, 1.54) is 5.56 Å². The minimum Gasteiger partial charge on any atom is -0.480 e. The normalized spacial score (nSPS) is 17.2. The molecule has 0 fully saturated rings. The van der Waals surface area contributed by atoms with Crippen molar-refractivity contribution in [2.45, 2.75) is 31.8 Å². The van der Waals surface area contributed by atoms with Crippen molar-refractivity contribution in [3.63, 3.8) is 0 Å². The van der Waals surface area contributed by atoms with Crippen LogP contribution in [0.25, 0.3) is 0 Å². The molecule has 0 aromatic heterocycles. The van der Waals surface area contributed by atoms with Gasteiger partial charge in [-0.3, -0.25) is 4.79 Å². The summed E-state index contributed by atoms with van der Waals surface area (Å²) in [6.07, 6.45) is 1.09. The second-order valence-corrected chi connectivity index (χ2v) is 6.26. The van der Waals surface area contributed by atoms with Crippen LogP contribution in [-0.4, -0.2) is 18.6 Å². The highest BCUT2D eigenvalue weighted by Crippen LogP contribution is 2.31. The summed E-state index contributed by atoms with van der Waals surface area (Å²) in [4.78, 5) is 12.4. The van der Waals surface area contributed by atoms with Gasteiger partial charge in [-0.2, -0.15) is 0 Å². The maximum atomic E-state index is 12.4. The number of fused-ring (bicyclic) bond motifs is 1. The van der Waals surface area contributed by atoms with E-state index in [-0.39, 0.29) is 5.91 Å². The number of nitrogens with one attached hydrogen (secondary N) is 1. The Kier molecular flexibility index (Phi) is 4.87. The van der Waals surface area contributed by atoms with Crippen LogP contribution in [0.15, 0.2) is 48.5 Å². The largest absolute Gasteiger partial charge is 0.480 e. The molecule has 0 saturated heterocycles. The molecule has 0 radical (unpaired) electrons. The second-order valence-electron chi connectivity index (χ2n) is 5.82. The smallest absolute Gasteiger partial charge is 0.261 e. The molecule has 1 heterocycles. The lowest BCUT2D eigenvalue weighted by atomic mass is 9.96. The van der Waals surface area contributed by atoms with E-state index in [1.807, 2.05) is 30.3 Å². The molecule has 1 amide bonds. The Morgan fingerprint density at radius 1 is 1.30 bits per heavy atom. The molecule has 2 aromatic carbocycles. The summed E-state index contributed by atoms with van der Waals surface area (Å²) in [6.45, 7) is 2.75. The van der Waals surface area contributed by atoms with Crippen molar-refractivity contribution >= 4 is 17.5 Å². The van der Waals surface area contributed by atoms with Crippen LogP contribution in [0.5, 0.6) is 5.75 Å². The lowest BCUT2D eigenvalue weighted by Gasteiger charge is -2.18. The number of benzene rings is 2. The van der Waals surface area contributed by atoms with Gasteiger partial charge >= 0.3 is 0 Å². The first-order chi connectivity index (χ1) is 11.2. The Morgan fingerprint density at radius 2 is 2.09 bits per heavy atom. The lowest BCUT2D eigenvalue weighted by molar-refractivity contribution is -0.127. The summed E-state index contributed by atoms with van der Waals surface area (Å²) in [6, 6.07) is 15.7. The molecule has 0 unspecified atom stereocenters. The van der Waals surface area contributed by atoms with Crippen LogP contribution in [-0.2, 0) is 11.2 Å². The fourth-order valence-corrected chi connectivity index (χ4v) is 3.12. The molecular weight excluding hydrogens is 310 g/mol. The van der Waals surface area contributed by atoms with E-state index in [1.54, 1.807) is 6.07 Å². The summed E-state index contributed by atoms with van der Waals surface area (Å²) in [7, 11) is 0. The van der Waals surface area contributed by atoms with Gasteiger partial charge in [-0.05, 0) is 35.7 Å². The molecule has 0 saturated carbocycles. The second kappa shape index (κ2) is 7.05. The molecule has 1 aliphatic heterocycles. The van der Waals surface area contributed by atoms with E-state index in [9.17, 15) is 4.79 Å². The highest BCUT2D eigenvalue weighted by molar-refractivity contribution is 6.30. The predicted molar refractivity (Wildman–Crippen MR) is 92.1 cm³/mol. The topological polar surface area (TPSA) is 38.3 Å². The third-order valence-corrected chi connectivity index (χ3v) is 4.51. The zero-order chi connectivity index (χ0) is 16.2. The Labute approximate surface area is 141 Å². The number of amides is 1. The zero-order valence-corrected chi connectivity index (χ0v) is 13.8. The Morgan fingerprint density at radius 3 is 2.83 bits per heavy atom. The van der Waals surface area contributed by atoms with Crippen molar-refractivity contribution in [2.24, 2.45) is 0 Å². The van der Waals surface area contributed by atoms with Crippen molar-refractivity contribution in [1.82, 2.24) is 5.32 Å². The highest BCUT2D eigenvalue weighted by Gasteiger charge is 2.29. The third kappa shape index (κ3) is 3.67. The first-order valence-electron chi connectivity index (χ1n) is 7.95. The third-order valence-electron chi connectivity index (χ3n) is 4.28. The predicted octanol–water partition coefficient (Wildman–Crippen LogP) is 3.95. The maximum Gasteiger partial charge on any atom is 0.261 e. The molecule has 3 rings (SSSR count). The monoisotopic (exact) mass is 329 g/mol. The molecule has 23 heavy (non-hydrogen) atoms. The van der Waals surface area contributed by atoms with E-state index in [0.717, 1.165) is 17.7 Å². The van der Waals surface area contributed by atoms with E-state index in [4.69, 9.17) is 16.3 Å². The Bertz CT molecular complexity index is 687. The standard InChI is InChI=1S/C19H20ClNO2/c1-2-13(14-6-4-3-5-7-14)12-21-19(22)18-11-15-10-16(20)8-9-17(15)23-18/h3-10,13,18H,2,11-12H2,1H3,(H,21,22)/t13-,18-/m1/s1. The van der Waals surface area contributed by atoms with Crippen LogP contribution in [0, 0.1) is 0 Å². The lowest BCUT2D eigenvalue weighted by Crippen LogP contribution is -2.39. The van der Waals surface area contributed by atoms with Crippen LogP contribution in [0.1, 0.15) is 30.4 Å². The van der Waals surface area contributed by atoms with Gasteiger partial charge in [-0.1, -0.05) is 48.9 Å². The summed E-state index contributed by atoms with van der Waals surface area (Å²) in [5, 5.41) is 3.70. The summed E-state index contributed by atoms with van der Waals surface area (Å²) < 4.78 is 5.72. The van der Waals surface area contributed by atoms with Crippen LogP contribution in [0.3, 0.4) is 0 Å². The van der Waals surface area contributed by atoms with Crippen molar-refractivity contribution in [3.05, 3.63) is 64.7 Å². The number of carbonyl (C=O) groups excluding carboxylic acids is 1. The molecule has 0 spiro atoms. The Balaban J connectivity index is 1.58. The number of hydrogen-bond donors (Lipinski definition) is 1. The van der Waals surface area contributed by atoms with E-state index >= 15 is 0 Å². The van der Waals surface area contributed by atoms with Gasteiger partial charge in [0.1, 0.15) is 5.75 Å². The maximum absolute atomic E-state index is 12.4. The van der Waals surface area contributed by atoms with Gasteiger partial charge in [-0.25, -0.2) is 0 Å². The van der Waals surface area contributed by atoms with E-state index in [2.05, 4.69) is 24.4 Å². The molecule has 4 heteroatoms. The SMILES string of the molecule is CC[C@H](CNC(=O)[C@H]1Cc2cc(Cl)ccc2O1)c1ccccc1. The minimum absolute atomic E-state index is 0.0632. The summed E-state index contributed by atoms with van der Waals surface area (Å²) in [5.74, 6) is 1.01. The van der Waals surface area contributed by atoms with Crippen molar-refractivity contribution in [3.8, 4) is 5.75 Å². The summed E-state index contributed by atoms with van der Waals surface area (Å²) in [5.41, 5.74) is 2.24. The number of hydrogen-bond acceptors (Lipinski definition) is 2. The van der Waals surface area contributed by atoms with Gasteiger partial charge in [0.05, 0.1) is 0 Å². The fourth-order valence-electron chi connectivity index (χ4n) is 2.92. The van der Waals surface area contributed by atoms with E-state index < -0.39 is 6.10 Å². The molecule has 1 aliphatic rings. The number of carbonyl (C=O) groups is 1. The molecule has 2 atom stereocenters. The van der Waals surface area contributed by atoms with Crippen LogP contribution >= 0.6 is 11.6 Å². The minimum atomic E-state index is -0.461. The molecule has 2 aromatic rings. The molecule has 120 valence electrons. The van der Waals surface area contributed by atoms with Gasteiger partial charge < -0.3 is 10.1 Å². The first-order valence-corrected chi connectivity index (χ1v) is 8.33. The average Bonchev–Trinajstić information content (AvgIpc) is 2.99. The van der Waals surface area contributed by atoms with E-state index in [0.29, 0.717) is 23.9 Å². The van der Waals surface area contributed by atoms with Crippen molar-refractivity contribution in [1.29, 1.82) is 0 Å². The molecular formula is C19H20ClNO2. The number of rotatable bonds is 5. The van der Waals surface area contributed by atoms with Crippen molar-refractivity contribution < 1.29 is 9.53 Å². The Hall–Kier alpha value is -2.00. The van der Waals surface area contributed by atoms with Crippen LogP contribution in [0.2, 0.25) is 5.02 Å². The molecule has 1 N–H and O–H groups in total. The van der Waals surface area contributed by atoms with Gasteiger partial charge in [0.15, 0.2) is 6.10 Å². The summed E-state index contributed by atoms with van der Waals surface area (Å²) >= 11 is 5.98. The van der Waals surface area contributed by atoms with Crippen LogP contribution in [0.4, 0.5) is 0 Å². The van der Waals surface area contributed by atoms with Crippen LogP contribution < -0.4 is 10.1 Å². The zero-order valence-electron chi connectivity index (χ0n) is 13.1. The van der Waals surface area contributed by atoms with Gasteiger partial charge in [0.2, 0.25) is 0 Å². The number of ether oxygens (including phenoxy) is 1. The molecule has 3 nitrogen and oxygen atoms in total. The number of halogens is 1. The quantitative estimate of drug-likeness (QED) is 0.902.